The summed E-state index contributed by atoms with van der Waals surface area (Å²) in [6, 6.07) is 23.1. The second kappa shape index (κ2) is 11.9. The molecule has 0 bridgehead atoms. The van der Waals surface area contributed by atoms with Crippen LogP contribution in [0.5, 0.6) is 5.75 Å². The van der Waals surface area contributed by atoms with Gasteiger partial charge in [-0.3, -0.25) is 9.59 Å². The first-order valence-electron chi connectivity index (χ1n) is 13.0. The van der Waals surface area contributed by atoms with E-state index in [2.05, 4.69) is 22.4 Å². The van der Waals surface area contributed by atoms with Crippen LogP contribution in [0.15, 0.2) is 89.8 Å². The molecule has 4 aromatic rings. The van der Waals surface area contributed by atoms with Crippen LogP contribution in [-0.2, 0) is 4.79 Å². The van der Waals surface area contributed by atoms with Crippen molar-refractivity contribution in [2.75, 3.05) is 44.0 Å². The van der Waals surface area contributed by atoms with Crippen LogP contribution in [0.3, 0.4) is 0 Å². The lowest BCUT2D eigenvalue weighted by atomic mass is 9.89. The standard InChI is InChI=1S/C31H32N4O4/c1-34(2)27-7-4-8-28(18-27)38-20-30(36)33-26-11-9-22(10-12-26)23-13-15-35(16-14-23)31(37)25-6-3-5-24(17-25)29-19-32-21-39-29/h3-12,17-19,21,23H,13-16,20H2,1-2H3,(H,33,36). The third-order valence-corrected chi connectivity index (χ3v) is 6.98. The van der Waals surface area contributed by atoms with E-state index in [1.807, 2.05) is 84.6 Å². The highest BCUT2D eigenvalue weighted by molar-refractivity contribution is 5.95. The maximum absolute atomic E-state index is 13.1. The summed E-state index contributed by atoms with van der Waals surface area (Å²) in [5.41, 5.74) is 4.44. The van der Waals surface area contributed by atoms with E-state index in [0.717, 1.165) is 29.8 Å². The molecule has 1 aromatic heterocycles. The Morgan fingerprint density at radius 3 is 2.51 bits per heavy atom. The summed E-state index contributed by atoms with van der Waals surface area (Å²) in [5, 5.41) is 2.90. The zero-order valence-corrected chi connectivity index (χ0v) is 22.2. The molecule has 39 heavy (non-hydrogen) atoms. The van der Waals surface area contributed by atoms with Crippen LogP contribution < -0.4 is 15.0 Å². The van der Waals surface area contributed by atoms with Gasteiger partial charge in [0.1, 0.15) is 5.75 Å². The van der Waals surface area contributed by atoms with Gasteiger partial charge >= 0.3 is 0 Å². The fraction of sp³-hybridized carbons (Fsp3) is 0.258. The fourth-order valence-electron chi connectivity index (χ4n) is 4.80. The topological polar surface area (TPSA) is 87.9 Å². The predicted octanol–water partition coefficient (Wildman–Crippen LogP) is 5.44. The Morgan fingerprint density at radius 1 is 1.03 bits per heavy atom. The van der Waals surface area contributed by atoms with Crippen LogP contribution in [0.25, 0.3) is 11.3 Å². The van der Waals surface area contributed by atoms with Gasteiger partial charge in [0.2, 0.25) is 0 Å². The number of amides is 2. The van der Waals surface area contributed by atoms with Gasteiger partial charge in [0, 0.05) is 55.8 Å². The molecule has 0 saturated carbocycles. The largest absolute Gasteiger partial charge is 0.484 e. The Balaban J connectivity index is 1.11. The molecular formula is C31H32N4O4. The third-order valence-electron chi connectivity index (χ3n) is 6.98. The van der Waals surface area contributed by atoms with Gasteiger partial charge in [-0.2, -0.15) is 0 Å². The van der Waals surface area contributed by atoms with E-state index in [9.17, 15) is 9.59 Å². The number of aromatic nitrogens is 1. The summed E-state index contributed by atoms with van der Waals surface area (Å²) in [5.74, 6) is 1.48. The Bertz CT molecular complexity index is 1410. The Labute approximate surface area is 228 Å². The predicted molar refractivity (Wildman–Crippen MR) is 151 cm³/mol. The minimum absolute atomic E-state index is 0.0311. The Morgan fingerprint density at radius 2 is 1.79 bits per heavy atom. The number of oxazole rings is 1. The van der Waals surface area contributed by atoms with Gasteiger partial charge in [-0.05, 0) is 60.7 Å². The van der Waals surface area contributed by atoms with Crippen molar-refractivity contribution in [3.05, 3.63) is 96.5 Å². The highest BCUT2D eigenvalue weighted by atomic mass is 16.5. The number of carbonyl (C=O) groups is 2. The van der Waals surface area contributed by atoms with Crippen molar-refractivity contribution < 1.29 is 18.7 Å². The Kier molecular flexibility index (Phi) is 7.91. The van der Waals surface area contributed by atoms with Crippen LogP contribution >= 0.6 is 0 Å². The third kappa shape index (κ3) is 6.46. The molecule has 0 unspecified atom stereocenters. The van der Waals surface area contributed by atoms with E-state index >= 15 is 0 Å². The summed E-state index contributed by atoms with van der Waals surface area (Å²) in [6.45, 7) is 1.33. The van der Waals surface area contributed by atoms with E-state index in [1.54, 1.807) is 6.20 Å². The number of hydrogen-bond donors (Lipinski definition) is 1. The van der Waals surface area contributed by atoms with Gasteiger partial charge in [-0.1, -0.05) is 30.3 Å². The summed E-state index contributed by atoms with van der Waals surface area (Å²) in [4.78, 5) is 33.4. The number of hydrogen-bond acceptors (Lipinski definition) is 6. The van der Waals surface area contributed by atoms with Crippen LogP contribution in [0.4, 0.5) is 11.4 Å². The molecule has 1 saturated heterocycles. The molecule has 2 amide bonds. The van der Waals surface area contributed by atoms with E-state index in [4.69, 9.17) is 9.15 Å². The number of rotatable bonds is 8. The molecule has 8 heteroatoms. The number of piperidine rings is 1. The van der Waals surface area contributed by atoms with Crippen molar-refractivity contribution in [1.82, 2.24) is 9.88 Å². The average Bonchev–Trinajstić information content (AvgIpc) is 3.52. The molecular weight excluding hydrogens is 492 g/mol. The molecule has 5 rings (SSSR count). The first-order chi connectivity index (χ1) is 19.0. The Hall–Kier alpha value is -4.59. The monoisotopic (exact) mass is 524 g/mol. The summed E-state index contributed by atoms with van der Waals surface area (Å²) in [7, 11) is 3.92. The van der Waals surface area contributed by atoms with Crippen LogP contribution in [-0.4, -0.2) is 55.5 Å². The normalized spacial score (nSPS) is 13.6. The number of anilines is 2. The number of likely N-dealkylation sites (tertiary alicyclic amines) is 1. The molecule has 2 heterocycles. The minimum Gasteiger partial charge on any atom is -0.484 e. The molecule has 0 spiro atoms. The first kappa shape index (κ1) is 26.0. The number of benzene rings is 3. The summed E-state index contributed by atoms with van der Waals surface area (Å²) in [6.07, 6.45) is 4.81. The zero-order valence-electron chi connectivity index (χ0n) is 22.2. The summed E-state index contributed by atoms with van der Waals surface area (Å²) < 4.78 is 11.0. The van der Waals surface area contributed by atoms with E-state index in [1.165, 1.54) is 12.0 Å². The second-order valence-corrected chi connectivity index (χ2v) is 9.86. The van der Waals surface area contributed by atoms with Gasteiger partial charge < -0.3 is 24.3 Å². The molecule has 3 aromatic carbocycles. The smallest absolute Gasteiger partial charge is 0.262 e. The van der Waals surface area contributed by atoms with Gasteiger partial charge in [0.15, 0.2) is 18.8 Å². The fourth-order valence-corrected chi connectivity index (χ4v) is 4.80. The number of ether oxygens (including phenoxy) is 1. The molecule has 0 atom stereocenters. The van der Waals surface area contributed by atoms with Gasteiger partial charge in [0.05, 0.1) is 6.20 Å². The van der Waals surface area contributed by atoms with E-state index < -0.39 is 0 Å². The van der Waals surface area contributed by atoms with Crippen molar-refractivity contribution in [1.29, 1.82) is 0 Å². The van der Waals surface area contributed by atoms with Crippen molar-refractivity contribution >= 4 is 23.2 Å². The highest BCUT2D eigenvalue weighted by Gasteiger charge is 2.25. The number of nitrogens with zero attached hydrogens (tertiary/aromatic N) is 3. The van der Waals surface area contributed by atoms with Crippen LogP contribution in [0.2, 0.25) is 0 Å². The maximum Gasteiger partial charge on any atom is 0.262 e. The molecule has 0 radical (unpaired) electrons. The summed E-state index contributed by atoms with van der Waals surface area (Å²) >= 11 is 0. The SMILES string of the molecule is CN(C)c1cccc(OCC(=O)Nc2ccc(C3CCN(C(=O)c4cccc(-c5cnco5)c4)CC3)cc2)c1. The van der Waals surface area contributed by atoms with Crippen LogP contribution in [0.1, 0.15) is 34.7 Å². The molecule has 1 aliphatic rings. The number of carbonyl (C=O) groups excluding carboxylic acids is 2. The molecule has 1 fully saturated rings. The van der Waals surface area contributed by atoms with Gasteiger partial charge in [-0.25, -0.2) is 4.98 Å². The van der Waals surface area contributed by atoms with Gasteiger partial charge in [0.25, 0.3) is 11.8 Å². The average molecular weight is 525 g/mol. The van der Waals surface area contributed by atoms with Crippen molar-refractivity contribution in [3.63, 3.8) is 0 Å². The highest BCUT2D eigenvalue weighted by Crippen LogP contribution is 2.30. The lowest BCUT2D eigenvalue weighted by Gasteiger charge is -2.32. The van der Waals surface area contributed by atoms with Gasteiger partial charge in [-0.15, -0.1) is 0 Å². The zero-order chi connectivity index (χ0) is 27.2. The first-order valence-corrected chi connectivity index (χ1v) is 13.0. The van der Waals surface area contributed by atoms with Crippen molar-refractivity contribution in [2.45, 2.75) is 18.8 Å². The molecule has 1 aliphatic heterocycles. The molecule has 0 aliphatic carbocycles. The van der Waals surface area contributed by atoms with Crippen LogP contribution in [0, 0.1) is 0 Å². The van der Waals surface area contributed by atoms with E-state index in [0.29, 0.717) is 36.1 Å². The lowest BCUT2D eigenvalue weighted by Crippen LogP contribution is -2.37. The maximum atomic E-state index is 13.1. The minimum atomic E-state index is -0.211. The lowest BCUT2D eigenvalue weighted by molar-refractivity contribution is -0.118. The van der Waals surface area contributed by atoms with Crippen molar-refractivity contribution in [2.24, 2.45) is 0 Å². The molecule has 200 valence electrons. The second-order valence-electron chi connectivity index (χ2n) is 9.86. The van der Waals surface area contributed by atoms with E-state index in [-0.39, 0.29) is 18.4 Å². The quantitative estimate of drug-likeness (QED) is 0.330. The van der Waals surface area contributed by atoms with Crippen molar-refractivity contribution in [3.8, 4) is 17.1 Å². The number of nitrogens with one attached hydrogen (secondary N) is 1. The molecule has 1 N–H and O–H groups in total. The molecule has 8 nitrogen and oxygen atoms in total.